The minimum Gasteiger partial charge on any atom is -0.489 e. The van der Waals surface area contributed by atoms with Crippen molar-refractivity contribution >= 4 is 11.9 Å². The van der Waals surface area contributed by atoms with Crippen LogP contribution in [0.1, 0.15) is 35.2 Å². The van der Waals surface area contributed by atoms with Crippen molar-refractivity contribution in [3.05, 3.63) is 59.9 Å². The molecule has 1 aromatic carbocycles. The molecule has 6 nitrogen and oxygen atoms in total. The number of likely N-dealkylation sites (tertiary alicyclic amines) is 1. The number of hydrogen-bond donors (Lipinski definition) is 1. The lowest BCUT2D eigenvalue weighted by Gasteiger charge is -2.24. The summed E-state index contributed by atoms with van der Waals surface area (Å²) < 4.78 is 5.73. The molecule has 0 bridgehead atoms. The summed E-state index contributed by atoms with van der Waals surface area (Å²) in [7, 11) is 0. The molecule has 3 atom stereocenters. The average Bonchev–Trinajstić information content (AvgIpc) is 3.28. The largest absolute Gasteiger partial charge is 0.489 e. The molecule has 3 unspecified atom stereocenters. The van der Waals surface area contributed by atoms with Crippen LogP contribution in [0.2, 0.25) is 0 Å². The van der Waals surface area contributed by atoms with Crippen LogP contribution in [0.25, 0.3) is 0 Å². The molecule has 0 spiro atoms. The molecule has 1 aliphatic carbocycles. The van der Waals surface area contributed by atoms with Gasteiger partial charge in [-0.1, -0.05) is 6.42 Å². The Morgan fingerprint density at radius 1 is 1.11 bits per heavy atom. The Bertz CT molecular complexity index is 822. The first-order chi connectivity index (χ1) is 13.1. The zero-order valence-corrected chi connectivity index (χ0v) is 15.0. The van der Waals surface area contributed by atoms with Crippen LogP contribution in [0.15, 0.2) is 48.8 Å². The van der Waals surface area contributed by atoms with Crippen molar-refractivity contribution < 1.29 is 19.4 Å². The predicted octanol–water partition coefficient (Wildman–Crippen LogP) is 2.99. The summed E-state index contributed by atoms with van der Waals surface area (Å²) in [5.41, 5.74) is 1.51. The molecular weight excluding hydrogens is 344 g/mol. The molecule has 1 amide bonds. The lowest BCUT2D eigenvalue weighted by molar-refractivity contribution is -0.142. The van der Waals surface area contributed by atoms with E-state index in [1.54, 1.807) is 41.6 Å². The molecule has 27 heavy (non-hydrogen) atoms. The molecule has 140 valence electrons. The van der Waals surface area contributed by atoms with Gasteiger partial charge in [-0.2, -0.15) is 0 Å². The molecule has 4 rings (SSSR count). The number of aromatic nitrogens is 1. The first-order valence-electron chi connectivity index (χ1n) is 9.29. The van der Waals surface area contributed by atoms with Crippen LogP contribution in [0.5, 0.6) is 5.75 Å². The maximum Gasteiger partial charge on any atom is 0.326 e. The second-order valence-corrected chi connectivity index (χ2v) is 7.26. The zero-order chi connectivity index (χ0) is 18.8. The number of carbonyl (C=O) groups is 2. The fourth-order valence-electron chi connectivity index (χ4n) is 4.34. The number of carboxylic acid groups (broad SMARTS) is 1. The van der Waals surface area contributed by atoms with E-state index in [0.29, 0.717) is 30.4 Å². The third-order valence-electron chi connectivity index (χ3n) is 5.66. The number of pyridine rings is 1. The van der Waals surface area contributed by atoms with E-state index in [1.165, 1.54) is 0 Å². The number of rotatable bonds is 5. The Kier molecular flexibility index (Phi) is 4.79. The zero-order valence-electron chi connectivity index (χ0n) is 15.0. The van der Waals surface area contributed by atoms with Gasteiger partial charge in [0.25, 0.3) is 5.91 Å². The summed E-state index contributed by atoms with van der Waals surface area (Å²) in [5.74, 6) is -0.0311. The average molecular weight is 366 g/mol. The highest BCUT2D eigenvalue weighted by Gasteiger charge is 2.49. The maximum atomic E-state index is 12.9. The summed E-state index contributed by atoms with van der Waals surface area (Å²) in [5, 5.41) is 9.63. The highest BCUT2D eigenvalue weighted by atomic mass is 16.5. The van der Waals surface area contributed by atoms with E-state index in [1.807, 2.05) is 12.1 Å². The number of fused-ring (bicyclic) bond motifs is 1. The van der Waals surface area contributed by atoms with Gasteiger partial charge >= 0.3 is 5.97 Å². The maximum absolute atomic E-state index is 12.9. The Hall–Kier alpha value is -2.89. The van der Waals surface area contributed by atoms with Crippen LogP contribution in [0.3, 0.4) is 0 Å². The molecule has 6 heteroatoms. The third-order valence-corrected chi connectivity index (χ3v) is 5.66. The molecule has 1 saturated heterocycles. The van der Waals surface area contributed by atoms with Gasteiger partial charge in [-0.25, -0.2) is 4.79 Å². The van der Waals surface area contributed by atoms with Crippen LogP contribution in [0.4, 0.5) is 0 Å². The van der Waals surface area contributed by atoms with Crippen molar-refractivity contribution in [2.75, 3.05) is 6.54 Å². The highest BCUT2D eigenvalue weighted by Crippen LogP contribution is 2.42. The first kappa shape index (κ1) is 17.5. The number of carboxylic acids is 1. The van der Waals surface area contributed by atoms with Crippen LogP contribution in [-0.4, -0.2) is 39.5 Å². The Labute approximate surface area is 157 Å². The number of aliphatic carboxylic acids is 1. The molecule has 2 fully saturated rings. The van der Waals surface area contributed by atoms with Gasteiger partial charge in [0, 0.05) is 24.5 Å². The van der Waals surface area contributed by atoms with Crippen LogP contribution in [-0.2, 0) is 11.4 Å². The molecule has 2 heterocycles. The normalized spacial score (nSPS) is 23.9. The number of hydrogen-bond acceptors (Lipinski definition) is 4. The van der Waals surface area contributed by atoms with Gasteiger partial charge in [0.05, 0.1) is 0 Å². The number of ether oxygens (including phenoxy) is 1. The predicted molar refractivity (Wildman–Crippen MR) is 98.3 cm³/mol. The quantitative estimate of drug-likeness (QED) is 0.880. The fraction of sp³-hybridized carbons (Fsp3) is 0.381. The van der Waals surface area contributed by atoms with Gasteiger partial charge in [0.1, 0.15) is 18.4 Å². The van der Waals surface area contributed by atoms with Crippen LogP contribution >= 0.6 is 0 Å². The number of amides is 1. The van der Waals surface area contributed by atoms with E-state index in [0.717, 1.165) is 24.8 Å². The molecular formula is C21H22N2O4. The smallest absolute Gasteiger partial charge is 0.326 e. The summed E-state index contributed by atoms with van der Waals surface area (Å²) in [4.78, 5) is 30.2. The minimum absolute atomic E-state index is 0.0921. The highest BCUT2D eigenvalue weighted by molar-refractivity contribution is 5.97. The molecule has 1 N–H and O–H groups in total. The molecule has 1 saturated carbocycles. The summed E-state index contributed by atoms with van der Waals surface area (Å²) in [6.07, 6.45) is 6.40. The third kappa shape index (κ3) is 3.52. The molecule has 2 aliphatic rings. The lowest BCUT2D eigenvalue weighted by atomic mass is 9.94. The van der Waals surface area contributed by atoms with E-state index >= 15 is 0 Å². The van der Waals surface area contributed by atoms with E-state index in [4.69, 9.17) is 4.74 Å². The Balaban J connectivity index is 1.44. The Morgan fingerprint density at radius 3 is 2.56 bits per heavy atom. The van der Waals surface area contributed by atoms with Crippen LogP contribution in [0, 0.1) is 11.8 Å². The van der Waals surface area contributed by atoms with Gasteiger partial charge in [-0.05, 0) is 66.6 Å². The van der Waals surface area contributed by atoms with Crippen LogP contribution < -0.4 is 4.74 Å². The first-order valence-corrected chi connectivity index (χ1v) is 9.29. The second kappa shape index (κ2) is 7.39. The summed E-state index contributed by atoms with van der Waals surface area (Å²) >= 11 is 0. The van der Waals surface area contributed by atoms with Crippen molar-refractivity contribution in [3.8, 4) is 5.75 Å². The van der Waals surface area contributed by atoms with Gasteiger partial charge < -0.3 is 14.7 Å². The summed E-state index contributed by atoms with van der Waals surface area (Å²) in [6.45, 7) is 0.965. The lowest BCUT2D eigenvalue weighted by Crippen LogP contribution is -2.43. The second-order valence-electron chi connectivity index (χ2n) is 7.26. The number of nitrogens with zero attached hydrogens (tertiary/aromatic N) is 2. The fourth-order valence-corrected chi connectivity index (χ4v) is 4.34. The SMILES string of the molecule is O=C(O)C1C2CCCC2CN1C(=O)c1ccc(OCc2ccncc2)cc1. The van der Waals surface area contributed by atoms with Crippen molar-refractivity contribution in [2.24, 2.45) is 11.8 Å². The van der Waals surface area contributed by atoms with Gasteiger partial charge in [-0.3, -0.25) is 9.78 Å². The molecule has 1 aromatic heterocycles. The van der Waals surface area contributed by atoms with Crippen molar-refractivity contribution in [1.82, 2.24) is 9.88 Å². The Morgan fingerprint density at radius 2 is 1.85 bits per heavy atom. The summed E-state index contributed by atoms with van der Waals surface area (Å²) in [6, 6.07) is 9.98. The monoisotopic (exact) mass is 366 g/mol. The van der Waals surface area contributed by atoms with Crippen molar-refractivity contribution in [2.45, 2.75) is 31.9 Å². The number of carbonyl (C=O) groups excluding carboxylic acids is 1. The van der Waals surface area contributed by atoms with E-state index < -0.39 is 12.0 Å². The minimum atomic E-state index is -0.893. The molecule has 0 radical (unpaired) electrons. The van der Waals surface area contributed by atoms with Crippen molar-refractivity contribution in [1.29, 1.82) is 0 Å². The molecule has 1 aliphatic heterocycles. The van der Waals surface area contributed by atoms with Gasteiger partial charge in [-0.15, -0.1) is 0 Å². The van der Waals surface area contributed by atoms with E-state index in [-0.39, 0.29) is 11.8 Å². The van der Waals surface area contributed by atoms with Crippen molar-refractivity contribution in [3.63, 3.8) is 0 Å². The standard InChI is InChI=1S/C21H22N2O4/c24-20(23-12-16-2-1-3-18(16)19(23)21(25)26)15-4-6-17(7-5-15)27-13-14-8-10-22-11-9-14/h4-11,16,18-19H,1-3,12-13H2,(H,25,26). The van der Waals surface area contributed by atoms with Gasteiger partial charge in [0.2, 0.25) is 0 Å². The number of benzene rings is 1. The van der Waals surface area contributed by atoms with E-state index in [9.17, 15) is 14.7 Å². The van der Waals surface area contributed by atoms with Gasteiger partial charge in [0.15, 0.2) is 0 Å². The topological polar surface area (TPSA) is 79.7 Å². The van der Waals surface area contributed by atoms with E-state index in [2.05, 4.69) is 4.98 Å². The molecule has 2 aromatic rings.